The highest BCUT2D eigenvalue weighted by Gasteiger charge is 2.09. The Hall–Kier alpha value is -1.09. The van der Waals surface area contributed by atoms with Gasteiger partial charge in [-0.3, -0.25) is 0 Å². The maximum atomic E-state index is 13.4. The highest BCUT2D eigenvalue weighted by atomic mass is 19.1. The van der Waals surface area contributed by atoms with Crippen molar-refractivity contribution in [1.82, 2.24) is 5.32 Å². The lowest BCUT2D eigenvalue weighted by Crippen LogP contribution is -2.26. The van der Waals surface area contributed by atoms with Gasteiger partial charge >= 0.3 is 0 Å². The van der Waals surface area contributed by atoms with Crippen LogP contribution >= 0.6 is 0 Å². The Labute approximate surface area is 96.8 Å². The van der Waals surface area contributed by atoms with Crippen LogP contribution in [0.2, 0.25) is 0 Å². The Bertz CT molecular complexity index is 344. The summed E-state index contributed by atoms with van der Waals surface area (Å²) in [6.07, 6.45) is 0. The van der Waals surface area contributed by atoms with E-state index >= 15 is 0 Å². The Kier molecular flexibility index (Phi) is 4.30. The van der Waals surface area contributed by atoms with Crippen LogP contribution in [0.5, 0.6) is 5.75 Å². The third kappa shape index (κ3) is 4.19. The highest BCUT2D eigenvalue weighted by Crippen LogP contribution is 2.18. The van der Waals surface area contributed by atoms with Gasteiger partial charge in [-0.15, -0.1) is 0 Å². The number of benzene rings is 1. The Morgan fingerprint density at radius 3 is 2.50 bits per heavy atom. The van der Waals surface area contributed by atoms with Crippen molar-refractivity contribution in [2.24, 2.45) is 5.41 Å². The van der Waals surface area contributed by atoms with Gasteiger partial charge in [0, 0.05) is 13.1 Å². The summed E-state index contributed by atoms with van der Waals surface area (Å²) in [5.41, 5.74) is 1.17. The van der Waals surface area contributed by atoms with Crippen LogP contribution < -0.4 is 10.1 Å². The van der Waals surface area contributed by atoms with Gasteiger partial charge in [0.15, 0.2) is 11.6 Å². The molecule has 90 valence electrons. The first-order valence-corrected chi connectivity index (χ1v) is 5.45. The van der Waals surface area contributed by atoms with Crippen LogP contribution in [0.15, 0.2) is 18.2 Å². The van der Waals surface area contributed by atoms with E-state index in [9.17, 15) is 4.39 Å². The lowest BCUT2D eigenvalue weighted by molar-refractivity contribution is 0.377. The molecule has 0 aromatic heterocycles. The fourth-order valence-electron chi connectivity index (χ4n) is 1.40. The predicted octanol–water partition coefficient (Wildman–Crippen LogP) is 2.97. The van der Waals surface area contributed by atoms with Crippen LogP contribution in [0.1, 0.15) is 26.3 Å². The van der Waals surface area contributed by atoms with E-state index in [1.54, 1.807) is 6.07 Å². The zero-order chi connectivity index (χ0) is 12.2. The number of nitrogens with one attached hydrogen (secondary N) is 1. The van der Waals surface area contributed by atoms with E-state index in [1.165, 1.54) is 13.2 Å². The minimum Gasteiger partial charge on any atom is -0.494 e. The van der Waals surface area contributed by atoms with E-state index in [0.29, 0.717) is 12.3 Å². The summed E-state index contributed by atoms with van der Waals surface area (Å²) in [4.78, 5) is 0. The second kappa shape index (κ2) is 5.30. The van der Waals surface area contributed by atoms with Gasteiger partial charge in [-0.05, 0) is 23.1 Å². The van der Waals surface area contributed by atoms with Crippen molar-refractivity contribution in [1.29, 1.82) is 0 Å². The third-order valence-electron chi connectivity index (χ3n) is 2.20. The molecule has 0 atom stereocenters. The van der Waals surface area contributed by atoms with Crippen LogP contribution in [0.25, 0.3) is 0 Å². The summed E-state index contributed by atoms with van der Waals surface area (Å²) in [7, 11) is 1.47. The molecule has 0 heterocycles. The molecule has 0 spiro atoms. The van der Waals surface area contributed by atoms with Crippen LogP contribution in [0.3, 0.4) is 0 Å². The van der Waals surface area contributed by atoms with E-state index < -0.39 is 0 Å². The quantitative estimate of drug-likeness (QED) is 0.850. The molecule has 1 aromatic rings. The molecule has 1 N–H and O–H groups in total. The molecule has 1 rings (SSSR count). The average molecular weight is 225 g/mol. The normalized spacial score (nSPS) is 11.6. The SMILES string of the molecule is COc1ccc(CNCC(C)(C)C)cc1F. The first kappa shape index (κ1) is 13.0. The van der Waals surface area contributed by atoms with Gasteiger partial charge in [0.25, 0.3) is 0 Å². The number of hydrogen-bond acceptors (Lipinski definition) is 2. The van der Waals surface area contributed by atoms with Gasteiger partial charge in [0.2, 0.25) is 0 Å². The molecular formula is C13H20FNO. The van der Waals surface area contributed by atoms with Crippen molar-refractivity contribution in [3.63, 3.8) is 0 Å². The minimum absolute atomic E-state index is 0.241. The molecule has 0 bridgehead atoms. The fraction of sp³-hybridized carbons (Fsp3) is 0.538. The lowest BCUT2D eigenvalue weighted by atomic mass is 9.97. The summed E-state index contributed by atoms with van der Waals surface area (Å²) in [5, 5.41) is 3.30. The monoisotopic (exact) mass is 225 g/mol. The molecular weight excluding hydrogens is 205 g/mol. The number of halogens is 1. The zero-order valence-electron chi connectivity index (χ0n) is 10.4. The number of ether oxygens (including phenoxy) is 1. The predicted molar refractivity (Wildman–Crippen MR) is 64.1 cm³/mol. The maximum absolute atomic E-state index is 13.4. The number of hydrogen-bond donors (Lipinski definition) is 1. The van der Waals surface area contributed by atoms with Gasteiger partial charge in [-0.25, -0.2) is 4.39 Å². The van der Waals surface area contributed by atoms with Crippen molar-refractivity contribution in [2.75, 3.05) is 13.7 Å². The fourth-order valence-corrected chi connectivity index (χ4v) is 1.40. The van der Waals surface area contributed by atoms with Gasteiger partial charge < -0.3 is 10.1 Å². The summed E-state index contributed by atoms with van der Waals surface area (Å²) in [6, 6.07) is 5.04. The molecule has 2 nitrogen and oxygen atoms in total. The topological polar surface area (TPSA) is 21.3 Å². The van der Waals surface area contributed by atoms with Crippen LogP contribution in [0.4, 0.5) is 4.39 Å². The second-order valence-corrected chi connectivity index (χ2v) is 5.13. The second-order valence-electron chi connectivity index (χ2n) is 5.13. The minimum atomic E-state index is -0.308. The van der Waals surface area contributed by atoms with Crippen molar-refractivity contribution >= 4 is 0 Å². The van der Waals surface area contributed by atoms with E-state index in [2.05, 4.69) is 26.1 Å². The summed E-state index contributed by atoms with van der Waals surface area (Å²) < 4.78 is 18.2. The van der Waals surface area contributed by atoms with Gasteiger partial charge in [0.1, 0.15) is 0 Å². The Balaban J connectivity index is 2.52. The first-order chi connectivity index (χ1) is 7.42. The van der Waals surface area contributed by atoms with Crippen molar-refractivity contribution in [2.45, 2.75) is 27.3 Å². The van der Waals surface area contributed by atoms with E-state index in [4.69, 9.17) is 4.74 Å². The molecule has 3 heteroatoms. The summed E-state index contributed by atoms with van der Waals surface area (Å²) >= 11 is 0. The van der Waals surface area contributed by atoms with Crippen LogP contribution in [0, 0.1) is 11.2 Å². The standard InChI is InChI=1S/C13H20FNO/c1-13(2,3)9-15-8-10-5-6-12(16-4)11(14)7-10/h5-7,15H,8-9H2,1-4H3. The van der Waals surface area contributed by atoms with Gasteiger partial charge in [-0.1, -0.05) is 26.8 Å². The Morgan fingerprint density at radius 1 is 1.31 bits per heavy atom. The molecule has 1 aromatic carbocycles. The molecule has 0 fully saturated rings. The van der Waals surface area contributed by atoms with E-state index in [1.807, 2.05) is 6.07 Å². The molecule has 0 aliphatic carbocycles. The number of rotatable bonds is 4. The summed E-state index contributed by atoms with van der Waals surface area (Å²) in [6.45, 7) is 8.07. The smallest absolute Gasteiger partial charge is 0.165 e. The first-order valence-electron chi connectivity index (χ1n) is 5.45. The molecule has 16 heavy (non-hydrogen) atoms. The van der Waals surface area contributed by atoms with Crippen molar-refractivity contribution < 1.29 is 9.13 Å². The van der Waals surface area contributed by atoms with E-state index in [-0.39, 0.29) is 11.2 Å². The van der Waals surface area contributed by atoms with Crippen LogP contribution in [-0.2, 0) is 6.54 Å². The highest BCUT2D eigenvalue weighted by molar-refractivity contribution is 5.29. The van der Waals surface area contributed by atoms with Crippen LogP contribution in [-0.4, -0.2) is 13.7 Å². The lowest BCUT2D eigenvalue weighted by Gasteiger charge is -2.18. The molecule has 0 amide bonds. The molecule has 0 unspecified atom stereocenters. The van der Waals surface area contributed by atoms with Gasteiger partial charge in [0.05, 0.1) is 7.11 Å². The molecule has 0 radical (unpaired) electrons. The Morgan fingerprint density at radius 2 is 2.00 bits per heavy atom. The summed E-state index contributed by atoms with van der Waals surface area (Å²) in [5.74, 6) is -0.0165. The third-order valence-corrected chi connectivity index (χ3v) is 2.20. The molecule has 0 aliphatic rings. The largest absolute Gasteiger partial charge is 0.494 e. The molecule has 0 saturated carbocycles. The van der Waals surface area contributed by atoms with Crippen molar-refractivity contribution in [3.8, 4) is 5.75 Å². The molecule has 0 aliphatic heterocycles. The van der Waals surface area contributed by atoms with Crippen molar-refractivity contribution in [3.05, 3.63) is 29.6 Å². The van der Waals surface area contributed by atoms with E-state index in [0.717, 1.165) is 12.1 Å². The van der Waals surface area contributed by atoms with Gasteiger partial charge in [-0.2, -0.15) is 0 Å². The number of methoxy groups -OCH3 is 1. The molecule has 0 saturated heterocycles. The maximum Gasteiger partial charge on any atom is 0.165 e. The average Bonchev–Trinajstić information content (AvgIpc) is 2.16. The zero-order valence-corrected chi connectivity index (χ0v) is 10.4.